The van der Waals surface area contributed by atoms with Crippen LogP contribution in [-0.4, -0.2) is 17.7 Å². The number of halogens is 1. The van der Waals surface area contributed by atoms with Gasteiger partial charge in [-0.25, -0.2) is 4.79 Å². The van der Waals surface area contributed by atoms with Crippen molar-refractivity contribution in [3.05, 3.63) is 27.3 Å². The molecular formula is C14H19IO3. The first-order chi connectivity index (χ1) is 8.29. The summed E-state index contributed by atoms with van der Waals surface area (Å²) in [5.74, 6) is -0.268. The second kappa shape index (κ2) is 6.41. The van der Waals surface area contributed by atoms with Gasteiger partial charge in [-0.3, -0.25) is 0 Å². The van der Waals surface area contributed by atoms with Gasteiger partial charge in [-0.1, -0.05) is 20.8 Å². The normalized spacial score (nSPS) is 11.3. The molecule has 0 atom stereocenters. The Morgan fingerprint density at radius 3 is 2.61 bits per heavy atom. The van der Waals surface area contributed by atoms with Crippen molar-refractivity contribution in [2.45, 2.75) is 33.6 Å². The standard InChI is InChI=1S/C14H19IO3/c1-14(2,3)7-4-8-18-12-9-10(13(16)17)5-6-11(12)15/h5-6,9H,4,7-8H2,1-3H3,(H,16,17). The first-order valence-corrected chi connectivity index (χ1v) is 7.03. The van der Waals surface area contributed by atoms with E-state index in [2.05, 4.69) is 43.4 Å². The van der Waals surface area contributed by atoms with Gasteiger partial charge in [0.15, 0.2) is 0 Å². The maximum Gasteiger partial charge on any atom is 0.335 e. The van der Waals surface area contributed by atoms with E-state index in [1.54, 1.807) is 18.2 Å². The molecule has 0 heterocycles. The predicted octanol–water partition coefficient (Wildman–Crippen LogP) is 4.19. The van der Waals surface area contributed by atoms with E-state index in [-0.39, 0.29) is 5.56 Å². The van der Waals surface area contributed by atoms with Crippen molar-refractivity contribution >= 4 is 28.6 Å². The highest BCUT2D eigenvalue weighted by atomic mass is 127. The summed E-state index contributed by atoms with van der Waals surface area (Å²) in [7, 11) is 0. The first kappa shape index (κ1) is 15.3. The maximum absolute atomic E-state index is 10.9. The van der Waals surface area contributed by atoms with Gasteiger partial charge in [0, 0.05) is 0 Å². The molecule has 0 aliphatic heterocycles. The van der Waals surface area contributed by atoms with Crippen LogP contribution in [0.1, 0.15) is 44.0 Å². The van der Waals surface area contributed by atoms with Crippen LogP contribution in [-0.2, 0) is 0 Å². The Morgan fingerprint density at radius 2 is 2.06 bits per heavy atom. The summed E-state index contributed by atoms with van der Waals surface area (Å²) >= 11 is 2.15. The number of ether oxygens (including phenoxy) is 1. The van der Waals surface area contributed by atoms with E-state index in [9.17, 15) is 4.79 Å². The minimum Gasteiger partial charge on any atom is -0.492 e. The smallest absolute Gasteiger partial charge is 0.335 e. The molecule has 3 nitrogen and oxygen atoms in total. The fraction of sp³-hybridized carbons (Fsp3) is 0.500. The van der Waals surface area contributed by atoms with Crippen LogP contribution in [0.4, 0.5) is 0 Å². The molecule has 1 N–H and O–H groups in total. The van der Waals surface area contributed by atoms with Gasteiger partial charge in [0.25, 0.3) is 0 Å². The lowest BCUT2D eigenvalue weighted by atomic mass is 9.91. The zero-order valence-electron chi connectivity index (χ0n) is 11.0. The zero-order chi connectivity index (χ0) is 13.8. The van der Waals surface area contributed by atoms with Crippen LogP contribution in [0.3, 0.4) is 0 Å². The highest BCUT2D eigenvalue weighted by Gasteiger charge is 2.11. The molecular weight excluding hydrogens is 343 g/mol. The monoisotopic (exact) mass is 362 g/mol. The van der Waals surface area contributed by atoms with Crippen molar-refractivity contribution in [2.75, 3.05) is 6.61 Å². The predicted molar refractivity (Wildman–Crippen MR) is 80.3 cm³/mol. The Labute approximate surface area is 122 Å². The molecule has 0 amide bonds. The number of hydrogen-bond acceptors (Lipinski definition) is 2. The van der Waals surface area contributed by atoms with Crippen LogP contribution >= 0.6 is 22.6 Å². The van der Waals surface area contributed by atoms with Crippen LogP contribution in [0, 0.1) is 8.99 Å². The summed E-state index contributed by atoms with van der Waals surface area (Å²) in [4.78, 5) is 10.9. The van der Waals surface area contributed by atoms with Crippen molar-refractivity contribution in [1.82, 2.24) is 0 Å². The van der Waals surface area contributed by atoms with Crippen LogP contribution in [0.15, 0.2) is 18.2 Å². The highest BCUT2D eigenvalue weighted by Crippen LogP contribution is 2.24. The Morgan fingerprint density at radius 1 is 1.39 bits per heavy atom. The molecule has 100 valence electrons. The third kappa shape index (κ3) is 5.25. The zero-order valence-corrected chi connectivity index (χ0v) is 13.2. The van der Waals surface area contributed by atoms with Crippen molar-refractivity contribution in [1.29, 1.82) is 0 Å². The van der Waals surface area contributed by atoms with Crippen molar-refractivity contribution < 1.29 is 14.6 Å². The summed E-state index contributed by atoms with van der Waals surface area (Å²) in [5.41, 5.74) is 0.570. The topological polar surface area (TPSA) is 46.5 Å². The summed E-state index contributed by atoms with van der Waals surface area (Å²) < 4.78 is 6.59. The van der Waals surface area contributed by atoms with Gasteiger partial charge in [0.05, 0.1) is 15.7 Å². The summed E-state index contributed by atoms with van der Waals surface area (Å²) in [6, 6.07) is 4.94. The lowest BCUT2D eigenvalue weighted by Crippen LogP contribution is -2.08. The molecule has 0 unspecified atom stereocenters. The minimum absolute atomic E-state index is 0.265. The van der Waals surface area contributed by atoms with E-state index in [0.717, 1.165) is 16.4 Å². The highest BCUT2D eigenvalue weighted by molar-refractivity contribution is 14.1. The Balaban J connectivity index is 2.56. The second-order valence-electron chi connectivity index (χ2n) is 5.46. The van der Waals surface area contributed by atoms with Gasteiger partial charge < -0.3 is 9.84 Å². The van der Waals surface area contributed by atoms with Crippen LogP contribution < -0.4 is 4.74 Å². The summed E-state index contributed by atoms with van der Waals surface area (Å²) in [5, 5.41) is 8.92. The quantitative estimate of drug-likeness (QED) is 0.631. The van der Waals surface area contributed by atoms with Gasteiger partial charge in [-0.15, -0.1) is 0 Å². The van der Waals surface area contributed by atoms with Gasteiger partial charge in [0.1, 0.15) is 5.75 Å². The Bertz CT molecular complexity index is 422. The van der Waals surface area contributed by atoms with E-state index in [0.29, 0.717) is 17.8 Å². The second-order valence-corrected chi connectivity index (χ2v) is 6.63. The first-order valence-electron chi connectivity index (χ1n) is 5.95. The van der Waals surface area contributed by atoms with E-state index < -0.39 is 5.97 Å². The molecule has 0 spiro atoms. The van der Waals surface area contributed by atoms with Crippen LogP contribution in [0.2, 0.25) is 0 Å². The molecule has 0 aromatic heterocycles. The maximum atomic E-state index is 10.9. The number of hydrogen-bond donors (Lipinski definition) is 1. The molecule has 1 rings (SSSR count). The van der Waals surface area contributed by atoms with Crippen molar-refractivity contribution in [3.8, 4) is 5.75 Å². The van der Waals surface area contributed by atoms with Gasteiger partial charge in [0.2, 0.25) is 0 Å². The Kier molecular flexibility index (Phi) is 5.44. The molecule has 18 heavy (non-hydrogen) atoms. The summed E-state index contributed by atoms with van der Waals surface area (Å²) in [6.07, 6.45) is 2.05. The van der Waals surface area contributed by atoms with Crippen LogP contribution in [0.25, 0.3) is 0 Å². The molecule has 1 aromatic rings. The number of rotatable bonds is 5. The fourth-order valence-electron chi connectivity index (χ4n) is 1.53. The molecule has 1 aromatic carbocycles. The molecule has 0 saturated heterocycles. The lowest BCUT2D eigenvalue weighted by Gasteiger charge is -2.18. The number of benzene rings is 1. The molecule has 4 heteroatoms. The number of carboxylic acids is 1. The fourth-order valence-corrected chi connectivity index (χ4v) is 2.02. The number of carboxylic acid groups (broad SMARTS) is 1. The lowest BCUT2D eigenvalue weighted by molar-refractivity contribution is 0.0696. The molecule has 0 aliphatic rings. The van der Waals surface area contributed by atoms with E-state index in [1.165, 1.54) is 0 Å². The number of aromatic carboxylic acids is 1. The van der Waals surface area contributed by atoms with Gasteiger partial charge in [-0.05, 0) is 59.0 Å². The third-order valence-electron chi connectivity index (χ3n) is 2.51. The van der Waals surface area contributed by atoms with E-state index >= 15 is 0 Å². The Hall–Kier alpha value is -0.780. The molecule has 0 radical (unpaired) electrons. The molecule has 0 bridgehead atoms. The van der Waals surface area contributed by atoms with Crippen LogP contribution in [0.5, 0.6) is 5.75 Å². The van der Waals surface area contributed by atoms with Gasteiger partial charge in [-0.2, -0.15) is 0 Å². The van der Waals surface area contributed by atoms with Gasteiger partial charge >= 0.3 is 5.97 Å². The molecule has 0 fully saturated rings. The third-order valence-corrected chi connectivity index (χ3v) is 3.40. The SMILES string of the molecule is CC(C)(C)CCCOc1cc(C(=O)O)ccc1I. The molecule has 0 saturated carbocycles. The van der Waals surface area contributed by atoms with Crippen molar-refractivity contribution in [2.24, 2.45) is 5.41 Å². The summed E-state index contributed by atoms with van der Waals surface area (Å²) in [6.45, 7) is 7.21. The average molecular weight is 362 g/mol. The van der Waals surface area contributed by atoms with E-state index in [4.69, 9.17) is 9.84 Å². The van der Waals surface area contributed by atoms with Crippen molar-refractivity contribution in [3.63, 3.8) is 0 Å². The number of carbonyl (C=O) groups is 1. The van der Waals surface area contributed by atoms with E-state index in [1.807, 2.05) is 0 Å². The molecule has 0 aliphatic carbocycles. The average Bonchev–Trinajstić information content (AvgIpc) is 2.24. The largest absolute Gasteiger partial charge is 0.492 e. The minimum atomic E-state index is -0.925.